The second-order valence-corrected chi connectivity index (χ2v) is 9.20. The summed E-state index contributed by atoms with van der Waals surface area (Å²) in [5, 5.41) is 0.565. The molecule has 1 saturated heterocycles. The molecule has 2 aromatic rings. The van der Waals surface area contributed by atoms with Crippen molar-refractivity contribution in [3.63, 3.8) is 0 Å². The predicted molar refractivity (Wildman–Crippen MR) is 104 cm³/mol. The van der Waals surface area contributed by atoms with Gasteiger partial charge in [0.25, 0.3) is 5.82 Å². The van der Waals surface area contributed by atoms with E-state index in [0.717, 1.165) is 42.9 Å². The van der Waals surface area contributed by atoms with E-state index in [-0.39, 0.29) is 5.75 Å². The number of nitrogens with zero attached hydrogens (tertiary/aromatic N) is 1. The minimum absolute atomic E-state index is 0.0451. The van der Waals surface area contributed by atoms with Gasteiger partial charge in [0.15, 0.2) is 0 Å². The van der Waals surface area contributed by atoms with Gasteiger partial charge in [0.2, 0.25) is 0 Å². The van der Waals surface area contributed by atoms with E-state index in [2.05, 4.69) is 4.72 Å². The first-order valence-electron chi connectivity index (χ1n) is 9.05. The maximum absolute atomic E-state index is 12.0. The summed E-state index contributed by atoms with van der Waals surface area (Å²) >= 11 is 6.24. The zero-order valence-corrected chi connectivity index (χ0v) is 16.4. The van der Waals surface area contributed by atoms with Crippen molar-refractivity contribution < 1.29 is 22.5 Å². The molecular formula is C19H22ClN2O4S+. The highest BCUT2D eigenvalue weighted by atomic mass is 35.5. The van der Waals surface area contributed by atoms with Crippen LogP contribution in [0.15, 0.2) is 36.5 Å². The van der Waals surface area contributed by atoms with Crippen LogP contribution in [0.5, 0.6) is 5.75 Å². The van der Waals surface area contributed by atoms with Gasteiger partial charge in [-0.15, -0.1) is 0 Å². The van der Waals surface area contributed by atoms with Gasteiger partial charge in [-0.2, -0.15) is 13.1 Å². The van der Waals surface area contributed by atoms with E-state index in [0.29, 0.717) is 29.9 Å². The SMILES string of the molecule is O=S1(=O)CC[n+]2cc(Cl)cc(-c3ccc(OCC4CCOCC4)cc3)c2N1. The number of hydrogen-bond acceptors (Lipinski definition) is 4. The number of halogens is 1. The number of pyridine rings is 1. The van der Waals surface area contributed by atoms with Crippen LogP contribution in [-0.2, 0) is 21.3 Å². The Morgan fingerprint density at radius 2 is 1.96 bits per heavy atom. The molecule has 4 rings (SSSR count). The van der Waals surface area contributed by atoms with Crippen LogP contribution >= 0.6 is 11.6 Å². The van der Waals surface area contributed by atoms with Gasteiger partial charge in [-0.1, -0.05) is 23.7 Å². The molecule has 3 heterocycles. The molecule has 0 spiro atoms. The molecule has 0 atom stereocenters. The highest BCUT2D eigenvalue weighted by Crippen LogP contribution is 2.31. The lowest BCUT2D eigenvalue weighted by Crippen LogP contribution is -2.47. The molecule has 2 aliphatic heterocycles. The Hall–Kier alpha value is -1.83. The molecular weight excluding hydrogens is 388 g/mol. The van der Waals surface area contributed by atoms with E-state index in [1.165, 1.54) is 0 Å². The monoisotopic (exact) mass is 409 g/mol. The maximum atomic E-state index is 12.0. The van der Waals surface area contributed by atoms with Crippen LogP contribution in [0.4, 0.5) is 5.82 Å². The molecule has 0 saturated carbocycles. The Labute approximate surface area is 164 Å². The lowest BCUT2D eigenvalue weighted by molar-refractivity contribution is -0.679. The van der Waals surface area contributed by atoms with Gasteiger partial charge < -0.3 is 9.47 Å². The molecule has 8 heteroatoms. The minimum atomic E-state index is -3.32. The van der Waals surface area contributed by atoms with Gasteiger partial charge >= 0.3 is 10.0 Å². The molecule has 1 aromatic heterocycles. The van der Waals surface area contributed by atoms with Gasteiger partial charge in [-0.3, -0.25) is 0 Å². The topological polar surface area (TPSA) is 68.5 Å². The Balaban J connectivity index is 1.54. The fourth-order valence-corrected chi connectivity index (χ4v) is 4.68. The average Bonchev–Trinajstić information content (AvgIpc) is 2.67. The number of fused-ring (bicyclic) bond motifs is 1. The molecule has 0 unspecified atom stereocenters. The van der Waals surface area contributed by atoms with Crippen molar-refractivity contribution >= 4 is 27.4 Å². The first-order valence-corrected chi connectivity index (χ1v) is 11.1. The Kier molecular flexibility index (Phi) is 5.25. The zero-order valence-electron chi connectivity index (χ0n) is 14.9. The number of aryl methyl sites for hydroxylation is 1. The normalized spacial score (nSPS) is 19.1. The average molecular weight is 410 g/mol. The van der Waals surface area contributed by atoms with Crippen LogP contribution in [0, 0.1) is 5.92 Å². The van der Waals surface area contributed by atoms with Crippen LogP contribution in [0.1, 0.15) is 12.8 Å². The van der Waals surface area contributed by atoms with Crippen molar-refractivity contribution in [2.24, 2.45) is 5.92 Å². The van der Waals surface area contributed by atoms with E-state index in [1.807, 2.05) is 28.8 Å². The standard InChI is InChI=1S/C19H21ClN2O4S/c20-16-11-18(19-21-27(23,24)10-7-22(19)12-16)15-1-3-17(4-2-15)26-13-14-5-8-25-9-6-14/h1-4,11-12,14H,5-10,13H2/p+1. The van der Waals surface area contributed by atoms with E-state index in [9.17, 15) is 8.42 Å². The van der Waals surface area contributed by atoms with Crippen molar-refractivity contribution in [2.75, 3.05) is 30.3 Å². The van der Waals surface area contributed by atoms with Crippen LogP contribution in [0.25, 0.3) is 11.1 Å². The number of hydrogen-bond donors (Lipinski definition) is 1. The first-order chi connectivity index (χ1) is 13.0. The van der Waals surface area contributed by atoms with Gasteiger partial charge in [0, 0.05) is 13.2 Å². The van der Waals surface area contributed by atoms with Crippen molar-refractivity contribution in [1.29, 1.82) is 0 Å². The maximum Gasteiger partial charge on any atom is 0.302 e. The van der Waals surface area contributed by atoms with E-state index < -0.39 is 10.0 Å². The third-order valence-corrected chi connectivity index (χ3v) is 6.38. The van der Waals surface area contributed by atoms with Gasteiger partial charge in [-0.25, -0.2) is 4.57 Å². The molecule has 144 valence electrons. The van der Waals surface area contributed by atoms with Gasteiger partial charge in [0.1, 0.15) is 24.2 Å². The highest BCUT2D eigenvalue weighted by Gasteiger charge is 2.30. The van der Waals surface area contributed by atoms with Crippen molar-refractivity contribution in [3.8, 4) is 16.9 Å². The Bertz CT molecular complexity index is 925. The Morgan fingerprint density at radius 1 is 1.22 bits per heavy atom. The summed E-state index contributed by atoms with van der Waals surface area (Å²) in [4.78, 5) is 0. The molecule has 0 aliphatic carbocycles. The van der Waals surface area contributed by atoms with Crippen molar-refractivity contribution in [1.82, 2.24) is 0 Å². The van der Waals surface area contributed by atoms with Crippen molar-refractivity contribution in [3.05, 3.63) is 41.6 Å². The molecule has 0 bridgehead atoms. The van der Waals surface area contributed by atoms with E-state index in [4.69, 9.17) is 21.1 Å². The minimum Gasteiger partial charge on any atom is -0.493 e. The molecule has 1 fully saturated rings. The third kappa shape index (κ3) is 4.36. The van der Waals surface area contributed by atoms with E-state index in [1.54, 1.807) is 12.3 Å². The molecule has 0 radical (unpaired) electrons. The number of anilines is 1. The molecule has 1 aromatic carbocycles. The summed E-state index contributed by atoms with van der Waals surface area (Å²) in [5.74, 6) is 1.92. The highest BCUT2D eigenvalue weighted by molar-refractivity contribution is 7.92. The second kappa shape index (κ2) is 7.66. The fraction of sp³-hybridized carbons (Fsp3) is 0.421. The molecule has 27 heavy (non-hydrogen) atoms. The number of ether oxygens (including phenoxy) is 2. The lowest BCUT2D eigenvalue weighted by atomic mass is 10.0. The summed E-state index contributed by atoms with van der Waals surface area (Å²) < 4.78 is 39.7. The number of aromatic nitrogens is 1. The predicted octanol–water partition coefficient (Wildman–Crippen LogP) is 2.86. The zero-order chi connectivity index (χ0) is 18.9. The number of benzene rings is 1. The number of rotatable bonds is 4. The molecule has 6 nitrogen and oxygen atoms in total. The van der Waals surface area contributed by atoms with Crippen LogP contribution < -0.4 is 14.0 Å². The number of sulfonamides is 1. The first kappa shape index (κ1) is 18.5. The van der Waals surface area contributed by atoms with E-state index >= 15 is 0 Å². The summed E-state index contributed by atoms with van der Waals surface area (Å²) in [6, 6.07) is 9.44. The molecule has 0 amide bonds. The third-order valence-electron chi connectivity index (χ3n) is 4.95. The largest absolute Gasteiger partial charge is 0.493 e. The summed E-state index contributed by atoms with van der Waals surface area (Å²) in [5.41, 5.74) is 1.63. The fourth-order valence-electron chi connectivity index (χ4n) is 3.40. The van der Waals surface area contributed by atoms with Crippen molar-refractivity contribution in [2.45, 2.75) is 19.4 Å². The number of nitrogens with one attached hydrogen (secondary N) is 1. The molecule has 2 aliphatic rings. The van der Waals surface area contributed by atoms with Crippen LogP contribution in [-0.4, -0.2) is 34.0 Å². The lowest BCUT2D eigenvalue weighted by Gasteiger charge is -2.22. The quantitative estimate of drug-likeness (QED) is 0.788. The summed E-state index contributed by atoms with van der Waals surface area (Å²) in [7, 11) is -3.32. The van der Waals surface area contributed by atoms with Gasteiger partial charge in [0.05, 0.1) is 17.2 Å². The molecule has 1 N–H and O–H groups in total. The second-order valence-electron chi connectivity index (χ2n) is 6.93. The Morgan fingerprint density at radius 3 is 2.70 bits per heavy atom. The smallest absolute Gasteiger partial charge is 0.302 e. The van der Waals surface area contributed by atoms with Gasteiger partial charge in [-0.05, 0) is 42.5 Å². The summed E-state index contributed by atoms with van der Waals surface area (Å²) in [6.45, 7) is 2.68. The summed E-state index contributed by atoms with van der Waals surface area (Å²) in [6.07, 6.45) is 3.81. The van der Waals surface area contributed by atoms with Crippen LogP contribution in [0.2, 0.25) is 5.02 Å². The van der Waals surface area contributed by atoms with Crippen LogP contribution in [0.3, 0.4) is 0 Å².